The molecule has 1 aromatic rings. The van der Waals surface area contributed by atoms with Crippen LogP contribution in [0.5, 0.6) is 0 Å². The normalized spacial score (nSPS) is 26.2. The van der Waals surface area contributed by atoms with Gasteiger partial charge in [0.25, 0.3) is 0 Å². The van der Waals surface area contributed by atoms with Gasteiger partial charge < -0.3 is 14.9 Å². The molecule has 2 rings (SSSR count). The molecule has 0 bridgehead atoms. The number of esters is 1. The first-order valence-electron chi connectivity index (χ1n) is 13.4. The Morgan fingerprint density at radius 2 is 1.97 bits per heavy atom. The molecule has 0 saturated carbocycles. The minimum atomic E-state index is -2.13. The van der Waals surface area contributed by atoms with Gasteiger partial charge in [-0.1, -0.05) is 44.6 Å². The van der Waals surface area contributed by atoms with Crippen LogP contribution < -0.4 is 0 Å². The monoisotopic (exact) mass is 511 g/mol. The second kappa shape index (κ2) is 13.8. The standard InChI is InChI=1S/C31H45NO5/c1-7-8-15-26-29(34)30(5,6)19-18-28(33)37-27(23(3)21-25-14-9-10-20-32-25)17-16-22(2)12-11-13-24(4)31(26,35)36/h7,9-10,14,16,20-21,24,26-27,35-36H,1,8,11-13,15,17-19H2,2-6H3. The Kier molecular flexibility index (Phi) is 11.5. The van der Waals surface area contributed by atoms with Crippen molar-refractivity contribution in [3.63, 3.8) is 0 Å². The topological polar surface area (TPSA) is 96.7 Å². The summed E-state index contributed by atoms with van der Waals surface area (Å²) < 4.78 is 5.91. The minimum absolute atomic E-state index is 0.0579. The van der Waals surface area contributed by atoms with Crippen LogP contribution in [0.1, 0.15) is 91.7 Å². The van der Waals surface area contributed by atoms with Crippen molar-refractivity contribution < 1.29 is 24.5 Å². The van der Waals surface area contributed by atoms with E-state index in [1.165, 1.54) is 0 Å². The van der Waals surface area contributed by atoms with Gasteiger partial charge in [-0.2, -0.15) is 0 Å². The molecule has 0 fully saturated rings. The summed E-state index contributed by atoms with van der Waals surface area (Å²) in [4.78, 5) is 30.9. The number of carbonyl (C=O) groups excluding carboxylic acids is 2. The van der Waals surface area contributed by atoms with Crippen molar-refractivity contribution in [3.05, 3.63) is 60.0 Å². The van der Waals surface area contributed by atoms with E-state index in [1.54, 1.807) is 33.0 Å². The second-order valence-electron chi connectivity index (χ2n) is 11.2. The van der Waals surface area contributed by atoms with Gasteiger partial charge in [-0.25, -0.2) is 0 Å². The molecule has 0 aromatic carbocycles. The highest BCUT2D eigenvalue weighted by molar-refractivity contribution is 5.87. The zero-order chi connectivity index (χ0) is 27.6. The summed E-state index contributed by atoms with van der Waals surface area (Å²) in [5.74, 6) is -4.21. The fourth-order valence-electron chi connectivity index (χ4n) is 4.82. The lowest BCUT2D eigenvalue weighted by Gasteiger charge is -2.39. The predicted octanol–water partition coefficient (Wildman–Crippen LogP) is 6.19. The van der Waals surface area contributed by atoms with Gasteiger partial charge in [-0.3, -0.25) is 14.6 Å². The van der Waals surface area contributed by atoms with E-state index in [0.717, 1.165) is 29.7 Å². The summed E-state index contributed by atoms with van der Waals surface area (Å²) in [7, 11) is 0. The molecule has 0 radical (unpaired) electrons. The first-order chi connectivity index (χ1) is 17.4. The van der Waals surface area contributed by atoms with Crippen LogP contribution in [0.25, 0.3) is 6.08 Å². The van der Waals surface area contributed by atoms with Crippen molar-refractivity contribution in [1.82, 2.24) is 4.98 Å². The minimum Gasteiger partial charge on any atom is -0.457 e. The fourth-order valence-corrected chi connectivity index (χ4v) is 4.82. The van der Waals surface area contributed by atoms with Crippen LogP contribution >= 0.6 is 0 Å². The van der Waals surface area contributed by atoms with Crippen molar-refractivity contribution in [2.24, 2.45) is 17.3 Å². The fraction of sp³-hybridized carbons (Fsp3) is 0.581. The molecule has 1 aromatic heterocycles. The molecule has 37 heavy (non-hydrogen) atoms. The molecule has 2 N–H and O–H groups in total. The van der Waals surface area contributed by atoms with Crippen molar-refractivity contribution in [2.45, 2.75) is 97.9 Å². The van der Waals surface area contributed by atoms with E-state index in [9.17, 15) is 19.8 Å². The van der Waals surface area contributed by atoms with Crippen LogP contribution in [-0.4, -0.2) is 38.8 Å². The van der Waals surface area contributed by atoms with Crippen molar-refractivity contribution in [3.8, 4) is 0 Å². The highest BCUT2D eigenvalue weighted by Crippen LogP contribution is 2.38. The summed E-state index contributed by atoms with van der Waals surface area (Å²) >= 11 is 0. The molecule has 1 aliphatic heterocycles. The van der Waals surface area contributed by atoms with Gasteiger partial charge in [0.05, 0.1) is 11.6 Å². The largest absolute Gasteiger partial charge is 0.457 e. The quantitative estimate of drug-likeness (QED) is 0.278. The molecule has 3 atom stereocenters. The van der Waals surface area contributed by atoms with Crippen LogP contribution in [0.15, 0.2) is 54.3 Å². The number of ether oxygens (including phenoxy) is 1. The molecule has 0 amide bonds. The maximum Gasteiger partial charge on any atom is 0.306 e. The molecular weight excluding hydrogens is 466 g/mol. The second-order valence-corrected chi connectivity index (χ2v) is 11.2. The Balaban J connectivity index is 2.36. The summed E-state index contributed by atoms with van der Waals surface area (Å²) in [5.41, 5.74) is 1.92. The van der Waals surface area contributed by atoms with Crippen LogP contribution in [0, 0.1) is 17.3 Å². The lowest BCUT2D eigenvalue weighted by Crippen LogP contribution is -2.51. The van der Waals surface area contributed by atoms with E-state index in [1.807, 2.05) is 38.1 Å². The number of hydrogen-bond donors (Lipinski definition) is 2. The number of carbonyl (C=O) groups is 2. The van der Waals surface area contributed by atoms with E-state index in [4.69, 9.17) is 4.74 Å². The number of hydrogen-bond acceptors (Lipinski definition) is 6. The maximum absolute atomic E-state index is 13.6. The number of allylic oxidation sites excluding steroid dienone is 2. The van der Waals surface area contributed by atoms with E-state index in [2.05, 4.69) is 17.6 Å². The summed E-state index contributed by atoms with van der Waals surface area (Å²) in [6, 6.07) is 5.67. The number of Topliss-reactive ketones (excluding diaryl/α,β-unsaturated/α-hetero) is 1. The molecule has 6 nitrogen and oxygen atoms in total. The van der Waals surface area contributed by atoms with E-state index in [-0.39, 0.29) is 24.6 Å². The lowest BCUT2D eigenvalue weighted by atomic mass is 9.70. The first kappa shape index (κ1) is 30.7. The SMILES string of the molecule is C=CCCC1C(=O)C(C)(C)CCC(=O)OC(C(C)=Cc2ccccn2)CC=C(C)CCCC(C)C1(O)O. The van der Waals surface area contributed by atoms with Gasteiger partial charge in [-0.15, -0.1) is 6.58 Å². The molecular formula is C31H45NO5. The third-order valence-electron chi connectivity index (χ3n) is 7.57. The summed E-state index contributed by atoms with van der Waals surface area (Å²) in [6.07, 6.45) is 10.8. The molecule has 0 aliphatic carbocycles. The van der Waals surface area contributed by atoms with Crippen molar-refractivity contribution >= 4 is 17.8 Å². The molecule has 1 aliphatic rings. The number of nitrogens with zero attached hydrogens (tertiary/aromatic N) is 1. The third-order valence-corrected chi connectivity index (χ3v) is 7.57. The van der Waals surface area contributed by atoms with Crippen molar-refractivity contribution in [2.75, 3.05) is 0 Å². The maximum atomic E-state index is 13.6. The number of ketones is 1. The number of cyclic esters (lactones) is 1. The molecule has 6 heteroatoms. The number of pyridine rings is 1. The van der Waals surface area contributed by atoms with Gasteiger partial charge in [-0.05, 0) is 76.2 Å². The van der Waals surface area contributed by atoms with E-state index < -0.39 is 29.1 Å². The summed E-state index contributed by atoms with van der Waals surface area (Å²) in [6.45, 7) is 13.0. The Hall–Kier alpha value is -2.57. The molecule has 0 spiro atoms. The van der Waals surface area contributed by atoms with Crippen LogP contribution in [0.3, 0.4) is 0 Å². The average molecular weight is 512 g/mol. The number of aromatic nitrogens is 1. The Morgan fingerprint density at radius 3 is 2.62 bits per heavy atom. The lowest BCUT2D eigenvalue weighted by molar-refractivity contribution is -0.234. The highest BCUT2D eigenvalue weighted by atomic mass is 16.5. The highest BCUT2D eigenvalue weighted by Gasteiger charge is 2.47. The zero-order valence-corrected chi connectivity index (χ0v) is 23.2. The summed E-state index contributed by atoms with van der Waals surface area (Å²) in [5, 5.41) is 22.3. The average Bonchev–Trinajstić information content (AvgIpc) is 2.85. The first-order valence-corrected chi connectivity index (χ1v) is 13.4. The predicted molar refractivity (Wildman–Crippen MR) is 147 cm³/mol. The number of aliphatic hydroxyl groups is 2. The Morgan fingerprint density at radius 1 is 1.24 bits per heavy atom. The van der Waals surface area contributed by atoms with E-state index >= 15 is 0 Å². The molecule has 3 unspecified atom stereocenters. The Labute approximate surface area is 222 Å². The van der Waals surface area contributed by atoms with Crippen LogP contribution in [0.2, 0.25) is 0 Å². The molecule has 0 saturated heterocycles. The van der Waals surface area contributed by atoms with E-state index in [0.29, 0.717) is 25.7 Å². The Bertz CT molecular complexity index is 977. The zero-order valence-electron chi connectivity index (χ0n) is 23.2. The van der Waals surface area contributed by atoms with Crippen molar-refractivity contribution in [1.29, 1.82) is 0 Å². The third kappa shape index (κ3) is 9.04. The molecule has 204 valence electrons. The van der Waals surface area contributed by atoms with Crippen LogP contribution in [-0.2, 0) is 14.3 Å². The smallest absolute Gasteiger partial charge is 0.306 e. The van der Waals surface area contributed by atoms with Crippen LogP contribution in [0.4, 0.5) is 0 Å². The van der Waals surface area contributed by atoms with Gasteiger partial charge in [0.1, 0.15) is 11.9 Å². The van der Waals surface area contributed by atoms with Gasteiger partial charge in [0.15, 0.2) is 5.79 Å². The van der Waals surface area contributed by atoms with Gasteiger partial charge in [0, 0.05) is 30.4 Å². The van der Waals surface area contributed by atoms with Gasteiger partial charge in [0.2, 0.25) is 0 Å². The number of rotatable bonds is 5. The van der Waals surface area contributed by atoms with Gasteiger partial charge >= 0.3 is 5.97 Å². The molecule has 2 heterocycles.